The lowest BCUT2D eigenvalue weighted by Gasteiger charge is -2.18. The second-order valence-electron chi connectivity index (χ2n) is 12.3. The van der Waals surface area contributed by atoms with E-state index in [1.54, 1.807) is 0 Å². The summed E-state index contributed by atoms with van der Waals surface area (Å²) in [6.45, 7) is 0. The number of allylic oxidation sites excluding steroid dienone is 1. The van der Waals surface area contributed by atoms with Crippen molar-refractivity contribution in [3.63, 3.8) is 0 Å². The van der Waals surface area contributed by atoms with Gasteiger partial charge in [0.25, 0.3) is 0 Å². The monoisotopic (exact) mass is 601 g/mol. The molecule has 0 spiro atoms. The zero-order valence-electron chi connectivity index (χ0n) is 25.4. The van der Waals surface area contributed by atoms with Gasteiger partial charge in [-0.3, -0.25) is 0 Å². The van der Waals surface area contributed by atoms with Crippen molar-refractivity contribution in [3.05, 3.63) is 150 Å². The summed E-state index contributed by atoms with van der Waals surface area (Å²) in [4.78, 5) is 0. The predicted molar refractivity (Wildman–Crippen MR) is 192 cm³/mol. The molecule has 3 heterocycles. The molecule has 0 unspecified atom stereocenters. The Morgan fingerprint density at radius 1 is 0.638 bits per heavy atom. The van der Waals surface area contributed by atoms with Gasteiger partial charge in [0.1, 0.15) is 5.58 Å². The SMILES string of the molecule is N#Cc1ccc(-n2c3c(c4ccccc42)C=CCC3)c(-c2ccc3c(c2)c2ccc4c5ccccc5oc4c2n3-c2ccccc2)c1. The molecule has 220 valence electrons. The van der Waals surface area contributed by atoms with Gasteiger partial charge in [0, 0.05) is 49.4 Å². The van der Waals surface area contributed by atoms with Gasteiger partial charge in [-0.05, 0) is 79.1 Å². The molecule has 0 aliphatic heterocycles. The predicted octanol–water partition coefficient (Wildman–Crippen LogP) is 11.1. The maximum absolute atomic E-state index is 10.0. The summed E-state index contributed by atoms with van der Waals surface area (Å²) in [6, 6.07) is 47.1. The number of para-hydroxylation sites is 3. The number of hydrogen-bond donors (Lipinski definition) is 0. The van der Waals surface area contributed by atoms with Crippen LogP contribution < -0.4 is 0 Å². The Hall–Kier alpha value is -6.31. The number of fused-ring (bicyclic) bond motifs is 10. The molecule has 9 aromatic rings. The molecule has 0 radical (unpaired) electrons. The van der Waals surface area contributed by atoms with Gasteiger partial charge in [0.05, 0.1) is 33.9 Å². The lowest BCUT2D eigenvalue weighted by Crippen LogP contribution is -2.05. The zero-order valence-corrected chi connectivity index (χ0v) is 25.4. The van der Waals surface area contributed by atoms with Gasteiger partial charge < -0.3 is 13.6 Å². The van der Waals surface area contributed by atoms with E-state index in [0.717, 1.165) is 79.1 Å². The highest BCUT2D eigenvalue weighted by molar-refractivity contribution is 6.22. The van der Waals surface area contributed by atoms with Crippen LogP contribution in [0.4, 0.5) is 0 Å². The fraction of sp³-hybridized carbons (Fsp3) is 0.0465. The molecule has 3 aromatic heterocycles. The zero-order chi connectivity index (χ0) is 31.1. The van der Waals surface area contributed by atoms with Crippen LogP contribution in [0.1, 0.15) is 23.2 Å². The van der Waals surface area contributed by atoms with E-state index in [-0.39, 0.29) is 0 Å². The smallest absolute Gasteiger partial charge is 0.160 e. The molecule has 0 atom stereocenters. The van der Waals surface area contributed by atoms with Gasteiger partial charge in [-0.25, -0.2) is 0 Å². The maximum atomic E-state index is 10.0. The molecule has 10 rings (SSSR count). The van der Waals surface area contributed by atoms with Crippen molar-refractivity contribution in [3.8, 4) is 28.6 Å². The van der Waals surface area contributed by atoms with Crippen LogP contribution in [0.2, 0.25) is 0 Å². The third kappa shape index (κ3) is 3.69. The number of hydrogen-bond acceptors (Lipinski definition) is 2. The molecule has 4 heteroatoms. The summed E-state index contributed by atoms with van der Waals surface area (Å²) in [5.74, 6) is 0. The number of benzene rings is 6. The normalized spacial score (nSPS) is 12.8. The van der Waals surface area contributed by atoms with Crippen molar-refractivity contribution in [2.45, 2.75) is 12.8 Å². The van der Waals surface area contributed by atoms with Crippen LogP contribution in [0, 0.1) is 11.3 Å². The quantitative estimate of drug-likeness (QED) is 0.202. The standard InChI is InChI=1S/C43H27N3O/c44-26-27-18-22-39(46-37-15-7-4-12-30(37)31-13-5-8-16-38(31)46)35(24-27)28-19-23-40-36(25-28)33-20-21-34-32-14-6-9-17-41(32)47-43(34)42(33)45(40)29-10-2-1-3-11-29/h1-7,9-15,17-25H,8,16H2. The van der Waals surface area contributed by atoms with Crippen LogP contribution in [-0.2, 0) is 6.42 Å². The highest BCUT2D eigenvalue weighted by Gasteiger charge is 2.23. The molecule has 0 fully saturated rings. The first kappa shape index (κ1) is 26.0. The number of aromatic nitrogens is 2. The molecule has 0 saturated carbocycles. The average molecular weight is 602 g/mol. The van der Waals surface area contributed by atoms with Crippen molar-refractivity contribution in [2.75, 3.05) is 0 Å². The van der Waals surface area contributed by atoms with Crippen molar-refractivity contribution in [2.24, 2.45) is 0 Å². The lowest BCUT2D eigenvalue weighted by molar-refractivity contribution is 0.671. The summed E-state index contributed by atoms with van der Waals surface area (Å²) in [5.41, 5.74) is 12.6. The van der Waals surface area contributed by atoms with E-state index in [0.29, 0.717) is 5.56 Å². The van der Waals surface area contributed by atoms with Gasteiger partial charge in [0.15, 0.2) is 5.58 Å². The first-order chi connectivity index (χ1) is 23.3. The fourth-order valence-corrected chi connectivity index (χ4v) is 7.77. The summed E-state index contributed by atoms with van der Waals surface area (Å²) in [6.07, 6.45) is 6.52. The van der Waals surface area contributed by atoms with Crippen LogP contribution in [0.3, 0.4) is 0 Å². The molecule has 0 saturated heterocycles. The highest BCUT2D eigenvalue weighted by atomic mass is 16.3. The number of rotatable bonds is 3. The minimum Gasteiger partial charge on any atom is -0.454 e. The van der Waals surface area contributed by atoms with Gasteiger partial charge in [-0.15, -0.1) is 0 Å². The first-order valence-electron chi connectivity index (χ1n) is 16.1. The van der Waals surface area contributed by atoms with E-state index in [2.05, 4.69) is 130 Å². The van der Waals surface area contributed by atoms with Crippen molar-refractivity contribution >= 4 is 60.7 Å². The number of furan rings is 1. The molecule has 6 aromatic carbocycles. The topological polar surface area (TPSA) is 46.8 Å². The molecule has 4 nitrogen and oxygen atoms in total. The molecular weight excluding hydrogens is 574 g/mol. The third-order valence-corrected chi connectivity index (χ3v) is 9.81. The molecule has 47 heavy (non-hydrogen) atoms. The number of nitrogens with zero attached hydrogens (tertiary/aromatic N) is 3. The molecule has 1 aliphatic rings. The Morgan fingerprint density at radius 3 is 2.32 bits per heavy atom. The van der Waals surface area contributed by atoms with Crippen LogP contribution >= 0.6 is 0 Å². The van der Waals surface area contributed by atoms with E-state index < -0.39 is 0 Å². The Balaban J connectivity index is 1.29. The Kier molecular flexibility index (Phi) is 5.44. The van der Waals surface area contributed by atoms with E-state index in [9.17, 15) is 5.26 Å². The number of nitriles is 1. The van der Waals surface area contributed by atoms with Gasteiger partial charge in [0.2, 0.25) is 0 Å². The van der Waals surface area contributed by atoms with E-state index in [4.69, 9.17) is 4.42 Å². The van der Waals surface area contributed by atoms with Crippen molar-refractivity contribution in [1.82, 2.24) is 9.13 Å². The van der Waals surface area contributed by atoms with Gasteiger partial charge in [-0.1, -0.05) is 78.9 Å². The van der Waals surface area contributed by atoms with Gasteiger partial charge in [-0.2, -0.15) is 5.26 Å². The summed E-state index contributed by atoms with van der Waals surface area (Å²) >= 11 is 0. The third-order valence-electron chi connectivity index (χ3n) is 9.81. The van der Waals surface area contributed by atoms with Crippen LogP contribution in [0.25, 0.3) is 83.2 Å². The van der Waals surface area contributed by atoms with Crippen molar-refractivity contribution in [1.29, 1.82) is 5.26 Å². The van der Waals surface area contributed by atoms with E-state index >= 15 is 0 Å². The van der Waals surface area contributed by atoms with Crippen LogP contribution in [-0.4, -0.2) is 9.13 Å². The Labute approximate surface area is 270 Å². The molecule has 1 aliphatic carbocycles. The molecule has 0 bridgehead atoms. The minimum atomic E-state index is 0.643. The largest absolute Gasteiger partial charge is 0.454 e. The second-order valence-corrected chi connectivity index (χ2v) is 12.3. The molecule has 0 amide bonds. The Bertz CT molecular complexity index is 2800. The first-order valence-corrected chi connectivity index (χ1v) is 16.1. The Morgan fingerprint density at radius 2 is 1.43 bits per heavy atom. The lowest BCUT2D eigenvalue weighted by atomic mass is 9.98. The summed E-state index contributed by atoms with van der Waals surface area (Å²) in [5, 5.41) is 15.8. The minimum absolute atomic E-state index is 0.643. The molecule has 0 N–H and O–H groups in total. The van der Waals surface area contributed by atoms with E-state index in [1.807, 2.05) is 24.3 Å². The van der Waals surface area contributed by atoms with Crippen LogP contribution in [0.15, 0.2) is 138 Å². The average Bonchev–Trinajstić information content (AvgIpc) is 3.79. The summed E-state index contributed by atoms with van der Waals surface area (Å²) < 4.78 is 11.3. The maximum Gasteiger partial charge on any atom is 0.160 e. The fourth-order valence-electron chi connectivity index (χ4n) is 7.77. The second kappa shape index (κ2) is 9.84. The van der Waals surface area contributed by atoms with Gasteiger partial charge >= 0.3 is 0 Å². The summed E-state index contributed by atoms with van der Waals surface area (Å²) in [7, 11) is 0. The van der Waals surface area contributed by atoms with Crippen molar-refractivity contribution < 1.29 is 4.42 Å². The highest BCUT2D eigenvalue weighted by Crippen LogP contribution is 2.43. The molecular formula is C43H27N3O. The van der Waals surface area contributed by atoms with Crippen LogP contribution in [0.5, 0.6) is 0 Å². The van der Waals surface area contributed by atoms with E-state index in [1.165, 1.54) is 22.2 Å².